The number of aryl methyl sites for hydroxylation is 1. The number of benzene rings is 3. The van der Waals surface area contributed by atoms with Crippen LogP contribution in [0.4, 0.5) is 0 Å². The van der Waals surface area contributed by atoms with Gasteiger partial charge in [-0.25, -0.2) is 4.68 Å². The Morgan fingerprint density at radius 2 is 1.39 bits per heavy atom. The Morgan fingerprint density at radius 1 is 0.739 bits per heavy atom. The van der Waals surface area contributed by atoms with Crippen LogP contribution in [0.15, 0.2) is 78.9 Å². The summed E-state index contributed by atoms with van der Waals surface area (Å²) in [5.74, 6) is 0. The molecule has 3 nitrogen and oxygen atoms in total. The normalized spacial score (nSPS) is 12.4. The Labute approximate surface area is 135 Å². The van der Waals surface area contributed by atoms with Gasteiger partial charge in [0.1, 0.15) is 11.6 Å². The van der Waals surface area contributed by atoms with E-state index in [0.29, 0.717) is 0 Å². The number of nitrogens with zero attached hydrogens (tertiary/aromatic N) is 3. The smallest absolute Gasteiger partial charge is 0.113 e. The van der Waals surface area contributed by atoms with Crippen molar-refractivity contribution < 1.29 is 0 Å². The Kier molecular flexibility index (Phi) is 3.39. The number of rotatable bonds is 3. The van der Waals surface area contributed by atoms with Gasteiger partial charge in [-0.3, -0.25) is 0 Å². The summed E-state index contributed by atoms with van der Waals surface area (Å²) in [6.07, 6.45) is 0. The van der Waals surface area contributed by atoms with Gasteiger partial charge in [0.2, 0.25) is 0 Å². The molecule has 0 aliphatic rings. The molecule has 0 amide bonds. The minimum Gasteiger partial charge on any atom is -0.233 e. The van der Waals surface area contributed by atoms with Gasteiger partial charge in [-0.15, -0.1) is 5.10 Å². The highest BCUT2D eigenvalue weighted by Gasteiger charge is 2.19. The Bertz CT molecular complexity index is 924. The summed E-state index contributed by atoms with van der Waals surface area (Å²) in [6, 6.07) is 27.2. The topological polar surface area (TPSA) is 30.7 Å². The molecule has 0 aliphatic carbocycles. The molecule has 1 atom stereocenters. The van der Waals surface area contributed by atoms with Gasteiger partial charge in [0.15, 0.2) is 0 Å². The van der Waals surface area contributed by atoms with E-state index in [-0.39, 0.29) is 6.04 Å². The lowest BCUT2D eigenvalue weighted by Crippen LogP contribution is -2.14. The predicted molar refractivity (Wildman–Crippen MR) is 92.4 cm³/mol. The van der Waals surface area contributed by atoms with Crippen LogP contribution < -0.4 is 0 Å². The van der Waals surface area contributed by atoms with Crippen LogP contribution in [0.25, 0.3) is 11.0 Å². The van der Waals surface area contributed by atoms with Crippen molar-refractivity contribution in [3.8, 4) is 0 Å². The molecule has 1 aromatic heterocycles. The third kappa shape index (κ3) is 2.50. The first kappa shape index (κ1) is 13.7. The van der Waals surface area contributed by atoms with Gasteiger partial charge in [-0.05, 0) is 30.2 Å². The fraction of sp³-hybridized carbons (Fsp3) is 0.100. The summed E-state index contributed by atoms with van der Waals surface area (Å²) >= 11 is 0. The second-order valence-corrected chi connectivity index (χ2v) is 5.75. The van der Waals surface area contributed by atoms with E-state index in [4.69, 9.17) is 0 Å². The first-order valence-corrected chi connectivity index (χ1v) is 7.74. The standard InChI is InChI=1S/C20H17N3/c1-15-11-13-17(14-12-15)20(16-7-3-2-4-8-16)23-19-10-6-5-9-18(19)21-22-23/h2-14,20H,1H3. The number of aromatic nitrogens is 3. The van der Waals surface area contributed by atoms with E-state index in [1.807, 2.05) is 28.9 Å². The summed E-state index contributed by atoms with van der Waals surface area (Å²) in [6.45, 7) is 2.10. The van der Waals surface area contributed by atoms with E-state index in [1.165, 1.54) is 16.7 Å². The molecule has 0 bridgehead atoms. The van der Waals surface area contributed by atoms with E-state index in [1.54, 1.807) is 0 Å². The van der Waals surface area contributed by atoms with Crippen LogP contribution in [0, 0.1) is 6.92 Å². The maximum atomic E-state index is 4.44. The van der Waals surface area contributed by atoms with Crippen LogP contribution in [0.3, 0.4) is 0 Å². The highest BCUT2D eigenvalue weighted by atomic mass is 15.4. The Hall–Kier alpha value is -2.94. The van der Waals surface area contributed by atoms with Crippen LogP contribution >= 0.6 is 0 Å². The van der Waals surface area contributed by atoms with Crippen molar-refractivity contribution >= 4 is 11.0 Å². The average molecular weight is 299 g/mol. The molecule has 23 heavy (non-hydrogen) atoms. The molecular formula is C20H17N3. The Morgan fingerprint density at radius 3 is 2.17 bits per heavy atom. The zero-order valence-electron chi connectivity index (χ0n) is 12.9. The van der Waals surface area contributed by atoms with E-state index < -0.39 is 0 Å². The fourth-order valence-corrected chi connectivity index (χ4v) is 2.94. The van der Waals surface area contributed by atoms with Gasteiger partial charge in [0, 0.05) is 0 Å². The molecule has 3 aromatic carbocycles. The van der Waals surface area contributed by atoms with E-state index >= 15 is 0 Å². The maximum Gasteiger partial charge on any atom is 0.113 e. The minimum absolute atomic E-state index is 0.0178. The zero-order chi connectivity index (χ0) is 15.6. The summed E-state index contributed by atoms with van der Waals surface area (Å²) in [5, 5.41) is 8.76. The molecule has 1 unspecified atom stereocenters. The van der Waals surface area contributed by atoms with Gasteiger partial charge in [0.05, 0.1) is 5.52 Å². The molecule has 4 rings (SSSR count). The van der Waals surface area contributed by atoms with Crippen molar-refractivity contribution in [1.82, 2.24) is 15.0 Å². The van der Waals surface area contributed by atoms with Crippen molar-refractivity contribution in [3.05, 3.63) is 95.6 Å². The highest BCUT2D eigenvalue weighted by Crippen LogP contribution is 2.28. The lowest BCUT2D eigenvalue weighted by Gasteiger charge is -2.19. The van der Waals surface area contributed by atoms with Gasteiger partial charge in [-0.1, -0.05) is 77.5 Å². The molecule has 0 radical (unpaired) electrons. The molecule has 0 saturated heterocycles. The molecule has 0 saturated carbocycles. The van der Waals surface area contributed by atoms with Gasteiger partial charge >= 0.3 is 0 Å². The van der Waals surface area contributed by atoms with E-state index in [9.17, 15) is 0 Å². The van der Waals surface area contributed by atoms with E-state index in [0.717, 1.165) is 11.0 Å². The fourth-order valence-electron chi connectivity index (χ4n) is 2.94. The van der Waals surface area contributed by atoms with Gasteiger partial charge in [0.25, 0.3) is 0 Å². The maximum absolute atomic E-state index is 4.44. The molecule has 0 spiro atoms. The third-order valence-corrected chi connectivity index (χ3v) is 4.13. The van der Waals surface area contributed by atoms with Crippen LogP contribution in [0.5, 0.6) is 0 Å². The molecule has 1 heterocycles. The SMILES string of the molecule is Cc1ccc(C(c2ccccc2)n2nnc3ccccc32)cc1. The van der Waals surface area contributed by atoms with Crippen molar-refractivity contribution in [2.24, 2.45) is 0 Å². The van der Waals surface area contributed by atoms with Crippen molar-refractivity contribution in [2.45, 2.75) is 13.0 Å². The predicted octanol–water partition coefficient (Wildman–Crippen LogP) is 4.38. The minimum atomic E-state index is 0.0178. The van der Waals surface area contributed by atoms with Crippen molar-refractivity contribution in [3.63, 3.8) is 0 Å². The lowest BCUT2D eigenvalue weighted by atomic mass is 9.98. The largest absolute Gasteiger partial charge is 0.233 e. The monoisotopic (exact) mass is 299 g/mol. The van der Waals surface area contributed by atoms with Crippen LogP contribution in [0.1, 0.15) is 22.7 Å². The first-order valence-electron chi connectivity index (χ1n) is 7.74. The van der Waals surface area contributed by atoms with Crippen LogP contribution in [-0.2, 0) is 0 Å². The lowest BCUT2D eigenvalue weighted by molar-refractivity contribution is 0.588. The second-order valence-electron chi connectivity index (χ2n) is 5.75. The summed E-state index contributed by atoms with van der Waals surface area (Å²) in [4.78, 5) is 0. The molecule has 112 valence electrons. The number of hydrogen-bond acceptors (Lipinski definition) is 2. The molecule has 0 fully saturated rings. The van der Waals surface area contributed by atoms with E-state index in [2.05, 4.69) is 71.8 Å². The first-order chi connectivity index (χ1) is 11.3. The van der Waals surface area contributed by atoms with Gasteiger partial charge in [-0.2, -0.15) is 0 Å². The zero-order valence-corrected chi connectivity index (χ0v) is 12.9. The number of fused-ring (bicyclic) bond motifs is 1. The molecule has 3 heteroatoms. The molecular weight excluding hydrogens is 282 g/mol. The number of hydrogen-bond donors (Lipinski definition) is 0. The molecule has 0 aliphatic heterocycles. The summed E-state index contributed by atoms with van der Waals surface area (Å²) in [5.41, 5.74) is 5.62. The third-order valence-electron chi connectivity index (χ3n) is 4.13. The summed E-state index contributed by atoms with van der Waals surface area (Å²) < 4.78 is 2.01. The summed E-state index contributed by atoms with van der Waals surface area (Å²) in [7, 11) is 0. The second kappa shape index (κ2) is 5.69. The van der Waals surface area contributed by atoms with Crippen molar-refractivity contribution in [1.29, 1.82) is 0 Å². The Balaban J connectivity index is 1.94. The van der Waals surface area contributed by atoms with Crippen LogP contribution in [0.2, 0.25) is 0 Å². The quantitative estimate of drug-likeness (QED) is 0.562. The molecule has 0 N–H and O–H groups in total. The van der Waals surface area contributed by atoms with Crippen LogP contribution in [-0.4, -0.2) is 15.0 Å². The van der Waals surface area contributed by atoms with Crippen molar-refractivity contribution in [2.75, 3.05) is 0 Å². The average Bonchev–Trinajstić information content (AvgIpc) is 3.02. The number of para-hydroxylation sites is 1. The highest BCUT2D eigenvalue weighted by molar-refractivity contribution is 5.74. The van der Waals surface area contributed by atoms with Gasteiger partial charge < -0.3 is 0 Å². The molecule has 4 aromatic rings.